The van der Waals surface area contributed by atoms with E-state index in [0.717, 1.165) is 19.3 Å². The summed E-state index contributed by atoms with van der Waals surface area (Å²) in [6.07, 6.45) is 3.72. The van der Waals surface area contributed by atoms with Crippen LogP contribution in [-0.2, 0) is 4.79 Å². The Morgan fingerprint density at radius 2 is 2.00 bits per heavy atom. The van der Waals surface area contributed by atoms with Gasteiger partial charge in [-0.15, -0.1) is 0 Å². The van der Waals surface area contributed by atoms with E-state index in [2.05, 4.69) is 12.2 Å². The van der Waals surface area contributed by atoms with Crippen LogP contribution in [0.25, 0.3) is 0 Å². The Labute approximate surface area is 124 Å². The number of nitrogens with one attached hydrogen (secondary N) is 1. The third-order valence-electron chi connectivity index (χ3n) is 4.58. The van der Waals surface area contributed by atoms with Gasteiger partial charge in [-0.05, 0) is 51.5 Å². The Morgan fingerprint density at radius 1 is 1.38 bits per heavy atom. The van der Waals surface area contributed by atoms with E-state index in [1.165, 1.54) is 0 Å². The zero-order chi connectivity index (χ0) is 15.6. The number of aryl methyl sites for hydroxylation is 2. The van der Waals surface area contributed by atoms with Crippen LogP contribution in [0.3, 0.4) is 0 Å². The highest BCUT2D eigenvalue weighted by Crippen LogP contribution is 2.34. The number of aliphatic carboxylic acids is 1. The second-order valence-corrected chi connectivity index (χ2v) is 6.02. The molecule has 1 aromatic rings. The van der Waals surface area contributed by atoms with E-state index in [0.29, 0.717) is 35.8 Å². The van der Waals surface area contributed by atoms with E-state index < -0.39 is 11.5 Å². The molecule has 0 bridgehead atoms. The van der Waals surface area contributed by atoms with Crippen molar-refractivity contribution in [2.24, 2.45) is 5.92 Å². The Kier molecular flexibility index (Phi) is 4.40. The van der Waals surface area contributed by atoms with Gasteiger partial charge in [0.15, 0.2) is 0 Å². The van der Waals surface area contributed by atoms with Gasteiger partial charge in [0.2, 0.25) is 0 Å². The monoisotopic (exact) mass is 293 g/mol. The van der Waals surface area contributed by atoms with Crippen molar-refractivity contribution in [1.82, 2.24) is 5.32 Å². The minimum Gasteiger partial charge on any atom is -0.480 e. The summed E-state index contributed by atoms with van der Waals surface area (Å²) in [4.78, 5) is 24.1. The summed E-state index contributed by atoms with van der Waals surface area (Å²) < 4.78 is 5.34. The van der Waals surface area contributed by atoms with Gasteiger partial charge in [-0.3, -0.25) is 4.79 Å². The van der Waals surface area contributed by atoms with Gasteiger partial charge in [0, 0.05) is 0 Å². The maximum absolute atomic E-state index is 12.4. The highest BCUT2D eigenvalue weighted by atomic mass is 16.4. The molecule has 1 saturated carbocycles. The smallest absolute Gasteiger partial charge is 0.329 e. The number of hydrogen-bond acceptors (Lipinski definition) is 3. The molecule has 1 aromatic heterocycles. The summed E-state index contributed by atoms with van der Waals surface area (Å²) in [6.45, 7) is 5.60. The number of furan rings is 1. The summed E-state index contributed by atoms with van der Waals surface area (Å²) >= 11 is 0. The first-order chi connectivity index (χ1) is 9.88. The highest BCUT2D eigenvalue weighted by molar-refractivity contribution is 5.98. The fraction of sp³-hybridized carbons (Fsp3) is 0.625. The van der Waals surface area contributed by atoms with Crippen molar-refractivity contribution in [3.8, 4) is 0 Å². The minimum atomic E-state index is -1.14. The molecule has 2 rings (SSSR count). The highest BCUT2D eigenvalue weighted by Gasteiger charge is 2.43. The number of carbonyl (C=O) groups excluding carboxylic acids is 1. The summed E-state index contributed by atoms with van der Waals surface area (Å²) in [5.74, 6) is 0.432. The number of rotatable bonds is 4. The zero-order valence-corrected chi connectivity index (χ0v) is 12.9. The Bertz CT molecular complexity index is 538. The first-order valence-electron chi connectivity index (χ1n) is 7.51. The van der Waals surface area contributed by atoms with Gasteiger partial charge in [-0.25, -0.2) is 4.79 Å². The van der Waals surface area contributed by atoms with Crippen molar-refractivity contribution in [3.63, 3.8) is 0 Å². The summed E-state index contributed by atoms with van der Waals surface area (Å²) in [6, 6.07) is 1.65. The van der Waals surface area contributed by atoms with Gasteiger partial charge < -0.3 is 14.8 Å². The lowest BCUT2D eigenvalue weighted by Gasteiger charge is -2.37. The van der Waals surface area contributed by atoms with Crippen molar-refractivity contribution >= 4 is 11.9 Å². The Morgan fingerprint density at radius 3 is 2.43 bits per heavy atom. The molecule has 1 heterocycles. The molecule has 1 aliphatic carbocycles. The molecular weight excluding hydrogens is 270 g/mol. The molecule has 2 N–H and O–H groups in total. The van der Waals surface area contributed by atoms with Crippen molar-refractivity contribution in [3.05, 3.63) is 23.2 Å². The van der Waals surface area contributed by atoms with Crippen molar-refractivity contribution in [2.45, 2.75) is 58.4 Å². The zero-order valence-electron chi connectivity index (χ0n) is 12.9. The van der Waals surface area contributed by atoms with Crippen LogP contribution in [0, 0.1) is 19.8 Å². The quantitative estimate of drug-likeness (QED) is 0.894. The van der Waals surface area contributed by atoms with E-state index in [4.69, 9.17) is 4.42 Å². The third-order valence-corrected chi connectivity index (χ3v) is 4.58. The molecule has 0 radical (unpaired) electrons. The van der Waals surface area contributed by atoms with Crippen LogP contribution in [0.4, 0.5) is 0 Å². The van der Waals surface area contributed by atoms with E-state index in [1.807, 2.05) is 0 Å². The molecule has 1 fully saturated rings. The van der Waals surface area contributed by atoms with Crippen LogP contribution in [-0.4, -0.2) is 22.5 Å². The standard InChI is InChI=1S/C16H23NO4/c1-4-12-5-7-16(8-6-12,15(19)20)17-14(18)13-9-10(2)21-11(13)3/h9,12H,4-8H2,1-3H3,(H,17,18)(H,19,20). The molecule has 0 atom stereocenters. The number of amides is 1. The maximum atomic E-state index is 12.4. The van der Waals surface area contributed by atoms with Gasteiger partial charge >= 0.3 is 5.97 Å². The normalized spacial score (nSPS) is 25.6. The van der Waals surface area contributed by atoms with Crippen molar-refractivity contribution in [2.75, 3.05) is 0 Å². The molecule has 0 unspecified atom stereocenters. The lowest BCUT2D eigenvalue weighted by Crippen LogP contribution is -2.56. The maximum Gasteiger partial charge on any atom is 0.329 e. The first kappa shape index (κ1) is 15.6. The largest absolute Gasteiger partial charge is 0.480 e. The molecule has 1 aliphatic rings. The molecule has 0 aromatic carbocycles. The van der Waals surface area contributed by atoms with E-state index in [9.17, 15) is 14.7 Å². The molecule has 116 valence electrons. The molecule has 0 spiro atoms. The average molecular weight is 293 g/mol. The van der Waals surface area contributed by atoms with Crippen molar-refractivity contribution in [1.29, 1.82) is 0 Å². The second-order valence-electron chi connectivity index (χ2n) is 6.02. The Balaban J connectivity index is 2.16. The molecule has 5 heteroatoms. The lowest BCUT2D eigenvalue weighted by molar-refractivity contribution is -0.146. The summed E-state index contributed by atoms with van der Waals surface area (Å²) in [7, 11) is 0. The third kappa shape index (κ3) is 3.12. The average Bonchev–Trinajstić information content (AvgIpc) is 2.78. The predicted molar refractivity (Wildman–Crippen MR) is 78.3 cm³/mol. The number of hydrogen-bond donors (Lipinski definition) is 2. The van der Waals surface area contributed by atoms with Crippen LogP contribution in [0.1, 0.15) is 60.9 Å². The van der Waals surface area contributed by atoms with Crippen LogP contribution < -0.4 is 5.32 Å². The Hall–Kier alpha value is -1.78. The van der Waals surface area contributed by atoms with Crippen molar-refractivity contribution < 1.29 is 19.1 Å². The van der Waals surface area contributed by atoms with E-state index in [1.54, 1.807) is 19.9 Å². The second kappa shape index (κ2) is 5.92. The molecule has 5 nitrogen and oxygen atoms in total. The molecule has 0 aliphatic heterocycles. The summed E-state index contributed by atoms with van der Waals surface area (Å²) in [5, 5.41) is 12.3. The SMILES string of the molecule is CCC1CCC(NC(=O)c2cc(C)oc2C)(C(=O)O)CC1. The number of carbonyl (C=O) groups is 2. The van der Waals surface area contributed by atoms with E-state index >= 15 is 0 Å². The molecule has 1 amide bonds. The summed E-state index contributed by atoms with van der Waals surface area (Å²) in [5.41, 5.74) is -0.717. The van der Waals surface area contributed by atoms with Gasteiger partial charge in [-0.2, -0.15) is 0 Å². The number of carboxylic acid groups (broad SMARTS) is 1. The van der Waals surface area contributed by atoms with Gasteiger partial charge in [0.1, 0.15) is 17.1 Å². The van der Waals surface area contributed by atoms with Crippen LogP contribution in [0.15, 0.2) is 10.5 Å². The number of carboxylic acids is 1. The van der Waals surface area contributed by atoms with E-state index in [-0.39, 0.29) is 5.91 Å². The topological polar surface area (TPSA) is 79.5 Å². The molecular formula is C16H23NO4. The fourth-order valence-electron chi connectivity index (χ4n) is 3.11. The van der Waals surface area contributed by atoms with Gasteiger partial charge in [0.05, 0.1) is 5.56 Å². The minimum absolute atomic E-state index is 0.360. The van der Waals surface area contributed by atoms with Crippen LogP contribution in [0.5, 0.6) is 0 Å². The van der Waals surface area contributed by atoms with Crippen LogP contribution >= 0.6 is 0 Å². The predicted octanol–water partition coefficient (Wildman–Crippen LogP) is 3.05. The van der Waals surface area contributed by atoms with Gasteiger partial charge in [0.25, 0.3) is 5.91 Å². The molecule has 0 saturated heterocycles. The van der Waals surface area contributed by atoms with Gasteiger partial charge in [-0.1, -0.05) is 13.3 Å². The van der Waals surface area contributed by atoms with Crippen LogP contribution in [0.2, 0.25) is 0 Å². The lowest BCUT2D eigenvalue weighted by atomic mass is 9.75. The fourth-order valence-corrected chi connectivity index (χ4v) is 3.11. The first-order valence-corrected chi connectivity index (χ1v) is 7.51. The molecule has 21 heavy (non-hydrogen) atoms.